The lowest BCUT2D eigenvalue weighted by molar-refractivity contribution is -0.118. The van der Waals surface area contributed by atoms with E-state index in [9.17, 15) is 9.59 Å². The highest BCUT2D eigenvalue weighted by atomic mass is 32.2. The highest BCUT2D eigenvalue weighted by Gasteiger charge is 2.15. The molecule has 0 aliphatic carbocycles. The number of fused-ring (bicyclic) bond motifs is 1. The minimum Gasteiger partial charge on any atom is -0.383 e. The van der Waals surface area contributed by atoms with Crippen molar-refractivity contribution in [1.82, 2.24) is 14.9 Å². The van der Waals surface area contributed by atoms with E-state index in [0.717, 1.165) is 10.4 Å². The van der Waals surface area contributed by atoms with Gasteiger partial charge in [0.05, 0.1) is 17.9 Å². The number of nitrogens with zero attached hydrogens (tertiary/aromatic N) is 2. The molecule has 0 aliphatic heterocycles. The van der Waals surface area contributed by atoms with Crippen LogP contribution in [0.4, 0.5) is 0 Å². The van der Waals surface area contributed by atoms with Gasteiger partial charge in [0.15, 0.2) is 5.16 Å². The van der Waals surface area contributed by atoms with E-state index < -0.39 is 0 Å². The van der Waals surface area contributed by atoms with Crippen molar-refractivity contribution in [2.75, 3.05) is 26.0 Å². The van der Waals surface area contributed by atoms with Gasteiger partial charge >= 0.3 is 0 Å². The van der Waals surface area contributed by atoms with Crippen molar-refractivity contribution in [2.24, 2.45) is 0 Å². The van der Waals surface area contributed by atoms with E-state index >= 15 is 0 Å². The number of hydrogen-bond acceptors (Lipinski definition) is 6. The summed E-state index contributed by atoms with van der Waals surface area (Å²) in [6, 6.07) is 11.8. The first-order valence-electron chi connectivity index (χ1n) is 8.73. The second kappa shape index (κ2) is 9.68. The van der Waals surface area contributed by atoms with E-state index in [1.807, 2.05) is 36.4 Å². The summed E-state index contributed by atoms with van der Waals surface area (Å²) in [5.74, 6) is 0.0472. The highest BCUT2D eigenvalue weighted by molar-refractivity contribution is 7.99. The van der Waals surface area contributed by atoms with Crippen LogP contribution in [-0.2, 0) is 16.1 Å². The summed E-state index contributed by atoms with van der Waals surface area (Å²) in [6.45, 7) is 4.98. The Morgan fingerprint density at radius 2 is 2.18 bits per heavy atom. The lowest BCUT2D eigenvalue weighted by Gasteiger charge is -2.10. The molecule has 0 bridgehead atoms. The molecule has 1 amide bonds. The molecule has 0 saturated heterocycles. The fraction of sp³-hybridized carbons (Fsp3) is 0.250. The van der Waals surface area contributed by atoms with Gasteiger partial charge in [-0.1, -0.05) is 48.2 Å². The SMILES string of the molecule is C=CCn1c(SCC(=O)NCCOC)nc2cc(-c3ccccc3)sc2c1=O. The number of ether oxygens (including phenoxy) is 1. The number of carbonyl (C=O) groups is 1. The van der Waals surface area contributed by atoms with Crippen molar-refractivity contribution in [2.45, 2.75) is 11.7 Å². The van der Waals surface area contributed by atoms with Crippen LogP contribution in [0.5, 0.6) is 0 Å². The summed E-state index contributed by atoms with van der Waals surface area (Å²) in [7, 11) is 1.58. The van der Waals surface area contributed by atoms with Crippen molar-refractivity contribution in [3.8, 4) is 10.4 Å². The summed E-state index contributed by atoms with van der Waals surface area (Å²) >= 11 is 2.67. The molecule has 0 spiro atoms. The zero-order valence-corrected chi connectivity index (χ0v) is 17.1. The standard InChI is InChI=1S/C20H21N3O3S2/c1-3-10-23-19(25)18-15(12-16(28-18)14-7-5-4-6-8-14)22-20(23)27-13-17(24)21-9-11-26-2/h3-8,12H,1,9-11,13H2,2H3,(H,21,24). The number of aromatic nitrogens is 2. The molecule has 3 rings (SSSR count). The van der Waals surface area contributed by atoms with E-state index in [1.54, 1.807) is 17.8 Å². The van der Waals surface area contributed by atoms with Crippen molar-refractivity contribution < 1.29 is 9.53 Å². The van der Waals surface area contributed by atoms with E-state index in [0.29, 0.717) is 35.1 Å². The number of nitrogens with one attached hydrogen (secondary N) is 1. The maximum absolute atomic E-state index is 13.0. The Morgan fingerprint density at radius 1 is 1.39 bits per heavy atom. The lowest BCUT2D eigenvalue weighted by atomic mass is 10.2. The molecule has 1 N–H and O–H groups in total. The summed E-state index contributed by atoms with van der Waals surface area (Å²) in [5, 5.41) is 3.28. The van der Waals surface area contributed by atoms with E-state index in [1.165, 1.54) is 23.1 Å². The lowest BCUT2D eigenvalue weighted by Crippen LogP contribution is -2.29. The van der Waals surface area contributed by atoms with Crippen LogP contribution in [0, 0.1) is 0 Å². The maximum Gasteiger partial charge on any atom is 0.272 e. The third kappa shape index (κ3) is 4.70. The predicted octanol–water partition coefficient (Wildman–Crippen LogP) is 3.17. The molecule has 8 heteroatoms. The Balaban J connectivity index is 1.90. The normalized spacial score (nSPS) is 10.9. The Kier molecular flexibility index (Phi) is 7.02. The molecule has 28 heavy (non-hydrogen) atoms. The molecule has 146 valence electrons. The fourth-order valence-electron chi connectivity index (χ4n) is 2.61. The number of allylic oxidation sites excluding steroid dienone is 1. The average Bonchev–Trinajstić information content (AvgIpc) is 3.14. The van der Waals surface area contributed by atoms with Gasteiger partial charge in [-0.25, -0.2) is 4.98 Å². The van der Waals surface area contributed by atoms with Gasteiger partial charge in [0.25, 0.3) is 5.56 Å². The number of carbonyl (C=O) groups excluding carboxylic acids is 1. The van der Waals surface area contributed by atoms with Crippen LogP contribution < -0.4 is 10.9 Å². The highest BCUT2D eigenvalue weighted by Crippen LogP contribution is 2.31. The van der Waals surface area contributed by atoms with Gasteiger partial charge in [-0.2, -0.15) is 0 Å². The van der Waals surface area contributed by atoms with Gasteiger partial charge in [0.1, 0.15) is 4.70 Å². The van der Waals surface area contributed by atoms with Crippen LogP contribution in [0.1, 0.15) is 0 Å². The third-order valence-corrected chi connectivity index (χ3v) is 6.07. The molecule has 2 aromatic heterocycles. The summed E-state index contributed by atoms with van der Waals surface area (Å²) in [6.07, 6.45) is 1.66. The molecule has 2 heterocycles. The van der Waals surface area contributed by atoms with E-state index in [-0.39, 0.29) is 17.2 Å². The van der Waals surface area contributed by atoms with Gasteiger partial charge in [-0.05, 0) is 11.6 Å². The Morgan fingerprint density at radius 3 is 2.89 bits per heavy atom. The summed E-state index contributed by atoms with van der Waals surface area (Å²) in [4.78, 5) is 30.6. The number of methoxy groups -OCH3 is 1. The van der Waals surface area contributed by atoms with Crippen LogP contribution in [0.15, 0.2) is 59.0 Å². The number of thiophene rings is 1. The van der Waals surface area contributed by atoms with Crippen LogP contribution in [0.25, 0.3) is 20.7 Å². The van der Waals surface area contributed by atoms with Gasteiger partial charge in [-0.15, -0.1) is 17.9 Å². The Bertz CT molecular complexity index is 1030. The number of thioether (sulfide) groups is 1. The summed E-state index contributed by atoms with van der Waals surface area (Å²) < 4.78 is 7.09. The van der Waals surface area contributed by atoms with Crippen LogP contribution in [0.3, 0.4) is 0 Å². The van der Waals surface area contributed by atoms with Gasteiger partial charge in [0.2, 0.25) is 5.91 Å². The second-order valence-corrected chi connectivity index (χ2v) is 7.92. The third-order valence-electron chi connectivity index (χ3n) is 3.93. The smallest absolute Gasteiger partial charge is 0.272 e. The molecule has 0 aliphatic rings. The number of hydrogen-bond donors (Lipinski definition) is 1. The molecule has 0 saturated carbocycles. The first-order chi connectivity index (χ1) is 13.6. The molecule has 0 fully saturated rings. The summed E-state index contributed by atoms with van der Waals surface area (Å²) in [5.41, 5.74) is 1.59. The molecule has 0 radical (unpaired) electrons. The molecule has 0 unspecified atom stereocenters. The Hall–Kier alpha value is -2.42. The molecule has 1 aromatic carbocycles. The molecule has 0 atom stereocenters. The predicted molar refractivity (Wildman–Crippen MR) is 115 cm³/mol. The first kappa shape index (κ1) is 20.3. The fourth-order valence-corrected chi connectivity index (χ4v) is 4.50. The number of rotatable bonds is 9. The molecule has 6 nitrogen and oxygen atoms in total. The van der Waals surface area contributed by atoms with Crippen LogP contribution in [-0.4, -0.2) is 41.5 Å². The van der Waals surface area contributed by atoms with Crippen LogP contribution in [0.2, 0.25) is 0 Å². The monoisotopic (exact) mass is 415 g/mol. The Labute approximate surface area is 171 Å². The topological polar surface area (TPSA) is 73.2 Å². The average molecular weight is 416 g/mol. The number of amides is 1. The van der Waals surface area contributed by atoms with E-state index in [2.05, 4.69) is 16.9 Å². The molecular weight excluding hydrogens is 394 g/mol. The maximum atomic E-state index is 13.0. The quantitative estimate of drug-likeness (QED) is 0.252. The number of benzene rings is 1. The van der Waals surface area contributed by atoms with E-state index in [4.69, 9.17) is 4.74 Å². The van der Waals surface area contributed by atoms with Gasteiger partial charge in [0, 0.05) is 25.1 Å². The zero-order chi connectivity index (χ0) is 19.9. The molecular formula is C20H21N3O3S2. The van der Waals surface area contributed by atoms with Crippen molar-refractivity contribution >= 4 is 39.2 Å². The minimum absolute atomic E-state index is 0.112. The minimum atomic E-state index is -0.128. The van der Waals surface area contributed by atoms with Crippen molar-refractivity contribution in [3.63, 3.8) is 0 Å². The largest absolute Gasteiger partial charge is 0.383 e. The molecule has 3 aromatic rings. The zero-order valence-electron chi connectivity index (χ0n) is 15.5. The first-order valence-corrected chi connectivity index (χ1v) is 10.5. The van der Waals surface area contributed by atoms with Crippen molar-refractivity contribution in [1.29, 1.82) is 0 Å². The van der Waals surface area contributed by atoms with Gasteiger partial charge < -0.3 is 10.1 Å². The van der Waals surface area contributed by atoms with Gasteiger partial charge in [-0.3, -0.25) is 14.2 Å². The van der Waals surface area contributed by atoms with Crippen molar-refractivity contribution in [3.05, 3.63) is 59.4 Å². The van der Waals surface area contributed by atoms with Crippen LogP contribution >= 0.6 is 23.1 Å². The second-order valence-electron chi connectivity index (χ2n) is 5.92.